The molecule has 3 rings (SSSR count). The summed E-state index contributed by atoms with van der Waals surface area (Å²) in [5.74, 6) is 1.25. The molecule has 0 fully saturated rings. The van der Waals surface area contributed by atoms with Crippen molar-refractivity contribution >= 4 is 39.7 Å². The Morgan fingerprint density at radius 2 is 2.03 bits per heavy atom. The minimum Gasteiger partial charge on any atom is -0.483 e. The molecule has 0 spiro atoms. The number of hydrogen-bond acceptors (Lipinski definition) is 5. The Hall–Kier alpha value is -2.65. The van der Waals surface area contributed by atoms with E-state index in [2.05, 4.69) is 43.8 Å². The number of aromatic nitrogens is 3. The summed E-state index contributed by atoms with van der Waals surface area (Å²) in [5, 5.41) is 9.90. The summed E-state index contributed by atoms with van der Waals surface area (Å²) in [6, 6.07) is 13.3. The molecule has 7 nitrogen and oxygen atoms in total. The fraction of sp³-hybridized carbons (Fsp3) is 0.286. The number of amides is 1. The largest absolute Gasteiger partial charge is 0.483 e. The number of halogens is 1. The molecule has 0 aliphatic heterocycles. The molecule has 0 atom stereocenters. The van der Waals surface area contributed by atoms with Crippen molar-refractivity contribution in [1.29, 1.82) is 0 Å². The molecule has 30 heavy (non-hydrogen) atoms. The third kappa shape index (κ3) is 5.93. The molecule has 158 valence electrons. The number of carbonyl (C=O) groups is 1. The van der Waals surface area contributed by atoms with Crippen molar-refractivity contribution in [2.45, 2.75) is 33.2 Å². The van der Waals surface area contributed by atoms with Gasteiger partial charge in [0.15, 0.2) is 12.4 Å². The average Bonchev–Trinajstić information content (AvgIpc) is 3.07. The van der Waals surface area contributed by atoms with Crippen LogP contribution in [0.3, 0.4) is 0 Å². The number of nitrogens with one attached hydrogen (secondary N) is 3. The van der Waals surface area contributed by atoms with Crippen LogP contribution < -0.4 is 15.5 Å². The number of H-pyrrole nitrogens is 1. The highest BCUT2D eigenvalue weighted by Crippen LogP contribution is 2.24. The van der Waals surface area contributed by atoms with E-state index in [1.165, 1.54) is 0 Å². The van der Waals surface area contributed by atoms with Crippen LogP contribution in [0.25, 0.3) is 0 Å². The molecule has 0 radical (unpaired) electrons. The van der Waals surface area contributed by atoms with Crippen molar-refractivity contribution in [3.8, 4) is 5.75 Å². The van der Waals surface area contributed by atoms with Gasteiger partial charge in [0.25, 0.3) is 5.91 Å². The molecule has 0 aliphatic carbocycles. The summed E-state index contributed by atoms with van der Waals surface area (Å²) in [6.45, 7) is 4.46. The summed E-state index contributed by atoms with van der Waals surface area (Å²) in [4.78, 5) is 12.3. The van der Waals surface area contributed by atoms with Crippen molar-refractivity contribution in [1.82, 2.24) is 14.9 Å². The standard InChI is InChI=1S/C21H24BrN5O2S/c1-3-4-19-25-26-21(30)27(19)23-12-15-11-16(22)7-10-18(15)29-13-20(28)24-17-8-5-14(2)6-9-17/h5-11,23H,3-4,12-13H2,1-2H3,(H,24,28)(H,26,30). The number of aromatic amines is 1. The Morgan fingerprint density at radius 3 is 2.77 bits per heavy atom. The lowest BCUT2D eigenvalue weighted by atomic mass is 10.2. The van der Waals surface area contributed by atoms with Gasteiger partial charge >= 0.3 is 0 Å². The first kappa shape index (κ1) is 22.0. The van der Waals surface area contributed by atoms with Gasteiger partial charge in [-0.2, -0.15) is 5.10 Å². The maximum absolute atomic E-state index is 12.3. The van der Waals surface area contributed by atoms with E-state index in [4.69, 9.17) is 17.0 Å². The highest BCUT2D eigenvalue weighted by molar-refractivity contribution is 9.10. The fourth-order valence-corrected chi connectivity index (χ4v) is 3.48. The molecular weight excluding hydrogens is 466 g/mol. The van der Waals surface area contributed by atoms with E-state index in [9.17, 15) is 4.79 Å². The van der Waals surface area contributed by atoms with E-state index in [0.717, 1.165) is 40.0 Å². The number of ether oxygens (including phenoxy) is 1. The number of hydrogen-bond donors (Lipinski definition) is 3. The summed E-state index contributed by atoms with van der Waals surface area (Å²) in [5.41, 5.74) is 6.04. The molecule has 0 unspecified atom stereocenters. The molecule has 0 bridgehead atoms. The fourth-order valence-electron chi connectivity index (χ4n) is 2.85. The van der Waals surface area contributed by atoms with Gasteiger partial charge in [-0.1, -0.05) is 40.5 Å². The Labute approximate surface area is 188 Å². The van der Waals surface area contributed by atoms with Crippen LogP contribution in [0.4, 0.5) is 5.69 Å². The van der Waals surface area contributed by atoms with E-state index >= 15 is 0 Å². The van der Waals surface area contributed by atoms with E-state index in [0.29, 0.717) is 17.1 Å². The smallest absolute Gasteiger partial charge is 0.262 e. The lowest BCUT2D eigenvalue weighted by molar-refractivity contribution is -0.118. The Kier molecular flexibility index (Phi) is 7.64. The molecule has 2 aromatic carbocycles. The van der Waals surface area contributed by atoms with Crippen LogP contribution in [-0.4, -0.2) is 27.4 Å². The zero-order valence-corrected chi connectivity index (χ0v) is 19.3. The molecule has 9 heteroatoms. The van der Waals surface area contributed by atoms with Crippen molar-refractivity contribution in [2.24, 2.45) is 0 Å². The van der Waals surface area contributed by atoms with Gasteiger partial charge in [-0.25, -0.2) is 4.68 Å². The van der Waals surface area contributed by atoms with Gasteiger partial charge in [0.05, 0.1) is 6.54 Å². The number of carbonyl (C=O) groups excluding carboxylic acids is 1. The van der Waals surface area contributed by atoms with Gasteiger partial charge in [0.2, 0.25) is 4.77 Å². The molecule has 0 aliphatic rings. The molecule has 3 N–H and O–H groups in total. The zero-order valence-electron chi connectivity index (χ0n) is 16.9. The third-order valence-corrected chi connectivity index (χ3v) is 5.13. The molecule has 0 saturated carbocycles. The topological polar surface area (TPSA) is 84.0 Å². The Balaban J connectivity index is 1.65. The number of nitrogens with zero attached hydrogens (tertiary/aromatic N) is 2. The van der Waals surface area contributed by atoms with Crippen LogP contribution in [0.5, 0.6) is 5.75 Å². The second kappa shape index (κ2) is 10.4. The maximum atomic E-state index is 12.3. The van der Waals surface area contributed by atoms with Gasteiger partial charge in [-0.15, -0.1) is 0 Å². The number of anilines is 1. The van der Waals surface area contributed by atoms with Gasteiger partial charge in [0, 0.05) is 22.1 Å². The van der Waals surface area contributed by atoms with Crippen LogP contribution in [0.15, 0.2) is 46.9 Å². The van der Waals surface area contributed by atoms with Crippen molar-refractivity contribution in [3.63, 3.8) is 0 Å². The van der Waals surface area contributed by atoms with Crippen LogP contribution in [0, 0.1) is 11.7 Å². The van der Waals surface area contributed by atoms with Crippen LogP contribution in [0.1, 0.15) is 30.3 Å². The number of rotatable bonds is 9. The Morgan fingerprint density at radius 1 is 1.27 bits per heavy atom. The lowest BCUT2D eigenvalue weighted by Crippen LogP contribution is -2.21. The first-order valence-corrected chi connectivity index (χ1v) is 10.8. The maximum Gasteiger partial charge on any atom is 0.262 e. The summed E-state index contributed by atoms with van der Waals surface area (Å²) >= 11 is 8.80. The first-order valence-electron chi connectivity index (χ1n) is 9.64. The average molecular weight is 490 g/mol. The minimum atomic E-state index is -0.219. The molecule has 1 aromatic heterocycles. The van der Waals surface area contributed by atoms with Gasteiger partial charge < -0.3 is 15.5 Å². The summed E-state index contributed by atoms with van der Waals surface area (Å²) < 4.78 is 8.99. The molecule has 0 saturated heterocycles. The normalized spacial score (nSPS) is 10.6. The van der Waals surface area contributed by atoms with Crippen LogP contribution >= 0.6 is 28.1 Å². The molecular formula is C21H24BrN5O2S. The first-order chi connectivity index (χ1) is 14.5. The van der Waals surface area contributed by atoms with Crippen molar-refractivity contribution in [2.75, 3.05) is 17.3 Å². The minimum absolute atomic E-state index is 0.0886. The van der Waals surface area contributed by atoms with E-state index in [-0.39, 0.29) is 12.5 Å². The van der Waals surface area contributed by atoms with Crippen molar-refractivity contribution < 1.29 is 9.53 Å². The molecule has 1 heterocycles. The molecule has 1 amide bonds. The van der Waals surface area contributed by atoms with Crippen LogP contribution in [-0.2, 0) is 17.8 Å². The monoisotopic (exact) mass is 489 g/mol. The van der Waals surface area contributed by atoms with E-state index < -0.39 is 0 Å². The SMILES string of the molecule is CCCc1n[nH]c(=S)n1NCc1cc(Br)ccc1OCC(=O)Nc1ccc(C)cc1. The van der Waals surface area contributed by atoms with Gasteiger partial charge in [-0.05, 0) is 55.9 Å². The highest BCUT2D eigenvalue weighted by atomic mass is 79.9. The second-order valence-corrected chi connectivity index (χ2v) is 8.12. The summed E-state index contributed by atoms with van der Waals surface area (Å²) in [6.07, 6.45) is 1.77. The number of benzene rings is 2. The quantitative estimate of drug-likeness (QED) is 0.378. The number of aryl methyl sites for hydroxylation is 2. The second-order valence-electron chi connectivity index (χ2n) is 6.82. The highest BCUT2D eigenvalue weighted by Gasteiger charge is 2.10. The van der Waals surface area contributed by atoms with E-state index in [1.54, 1.807) is 4.68 Å². The predicted octanol–water partition coefficient (Wildman–Crippen LogP) is 4.73. The van der Waals surface area contributed by atoms with Crippen molar-refractivity contribution in [3.05, 3.63) is 68.7 Å². The lowest BCUT2D eigenvalue weighted by Gasteiger charge is -2.15. The van der Waals surface area contributed by atoms with Gasteiger partial charge in [-0.3, -0.25) is 9.89 Å². The predicted molar refractivity (Wildman–Crippen MR) is 124 cm³/mol. The summed E-state index contributed by atoms with van der Waals surface area (Å²) in [7, 11) is 0. The zero-order chi connectivity index (χ0) is 21.5. The van der Waals surface area contributed by atoms with E-state index in [1.807, 2.05) is 49.4 Å². The van der Waals surface area contributed by atoms with Crippen LogP contribution in [0.2, 0.25) is 0 Å². The third-order valence-electron chi connectivity index (χ3n) is 4.36. The van der Waals surface area contributed by atoms with Gasteiger partial charge in [0.1, 0.15) is 5.75 Å². The Bertz CT molecular complexity index is 1060. The molecule has 3 aromatic rings.